The Morgan fingerprint density at radius 1 is 1.21 bits per heavy atom. The maximum Gasteiger partial charge on any atom is 0.449 e. The van der Waals surface area contributed by atoms with Crippen LogP contribution in [0.1, 0.15) is 26.7 Å². The van der Waals surface area contributed by atoms with E-state index < -0.39 is 69.4 Å². The van der Waals surface area contributed by atoms with Crippen LogP contribution in [0.25, 0.3) is 0 Å². The minimum atomic E-state index is -4.77. The summed E-state index contributed by atoms with van der Waals surface area (Å²) >= 11 is 5.74. The van der Waals surface area contributed by atoms with Gasteiger partial charge in [-0.05, 0) is 12.0 Å². The maximum absolute atomic E-state index is 14.3. The summed E-state index contributed by atoms with van der Waals surface area (Å²) in [6.07, 6.45) is -6.90. The third-order valence-corrected chi connectivity index (χ3v) is 4.89. The minimum absolute atomic E-state index is 0.169. The zero-order chi connectivity index (χ0) is 22.1. The van der Waals surface area contributed by atoms with Crippen LogP contribution in [-0.2, 0) is 24.2 Å². The first-order valence-corrected chi connectivity index (χ1v) is 9.92. The fourth-order valence-corrected chi connectivity index (χ4v) is 3.50. The molecule has 0 aliphatic carbocycles. The number of hydrogen-bond donors (Lipinski definition) is 0. The van der Waals surface area contributed by atoms with Gasteiger partial charge in [0.2, 0.25) is 11.8 Å². The summed E-state index contributed by atoms with van der Waals surface area (Å²) in [6, 6.07) is 1.21. The highest BCUT2D eigenvalue weighted by Gasteiger charge is 2.48. The molecule has 0 N–H and O–H groups in total. The van der Waals surface area contributed by atoms with Crippen LogP contribution in [0.3, 0.4) is 0 Å². The van der Waals surface area contributed by atoms with E-state index in [2.05, 4.69) is 8.37 Å². The molecule has 2 rings (SSSR count). The Morgan fingerprint density at radius 2 is 1.76 bits per heavy atom. The van der Waals surface area contributed by atoms with E-state index in [9.17, 15) is 35.6 Å². The zero-order valence-electron chi connectivity index (χ0n) is 15.1. The molecule has 13 heteroatoms. The summed E-state index contributed by atoms with van der Waals surface area (Å²) in [5.74, 6) is -6.84. The Balaban J connectivity index is 2.34. The van der Waals surface area contributed by atoms with Crippen molar-refractivity contribution in [3.8, 4) is 5.75 Å². The molecule has 0 radical (unpaired) electrons. The molecule has 29 heavy (non-hydrogen) atoms. The first-order valence-electron chi connectivity index (χ1n) is 8.21. The highest BCUT2D eigenvalue weighted by atomic mass is 35.5. The second-order valence-electron chi connectivity index (χ2n) is 6.67. The lowest BCUT2D eigenvalue weighted by Crippen LogP contribution is -2.47. The number of carbonyl (C=O) groups excluding carboxylic acids is 2. The van der Waals surface area contributed by atoms with Crippen molar-refractivity contribution in [2.45, 2.75) is 32.9 Å². The predicted octanol–water partition coefficient (Wildman–Crippen LogP) is 3.61. The molecule has 1 aliphatic rings. The number of benzene rings is 1. The molecule has 0 saturated carbocycles. The van der Waals surface area contributed by atoms with Crippen molar-refractivity contribution in [3.63, 3.8) is 0 Å². The van der Waals surface area contributed by atoms with Crippen LogP contribution in [0.4, 0.5) is 23.2 Å². The van der Waals surface area contributed by atoms with E-state index in [1.165, 1.54) is 0 Å². The first kappa shape index (κ1) is 23.4. The van der Waals surface area contributed by atoms with Gasteiger partial charge >= 0.3 is 16.6 Å². The summed E-state index contributed by atoms with van der Waals surface area (Å²) in [5.41, 5.74) is -0.779. The molecule has 0 spiro atoms. The topological polar surface area (TPSA) is 90.0 Å². The summed E-state index contributed by atoms with van der Waals surface area (Å²) in [7, 11) is -4.61. The molecule has 1 aromatic rings. The van der Waals surface area contributed by atoms with E-state index in [-0.39, 0.29) is 17.4 Å². The van der Waals surface area contributed by atoms with E-state index >= 15 is 0 Å². The highest BCUT2D eigenvalue weighted by molar-refractivity contribution is 7.82. The molecule has 0 atom stereocenters. The van der Waals surface area contributed by atoms with Gasteiger partial charge in [-0.15, -0.1) is 0 Å². The lowest BCUT2D eigenvalue weighted by Gasteiger charge is -2.31. The molecule has 0 unspecified atom stereocenters. The lowest BCUT2D eigenvalue weighted by atomic mass is 9.94. The Hall–Kier alpha value is -1.92. The van der Waals surface area contributed by atoms with Crippen molar-refractivity contribution in [2.75, 3.05) is 11.5 Å². The summed E-state index contributed by atoms with van der Waals surface area (Å²) in [5, 5.41) is -0.520. The average molecular weight is 462 g/mol. The van der Waals surface area contributed by atoms with Crippen LogP contribution in [0, 0.1) is 17.7 Å². The summed E-state index contributed by atoms with van der Waals surface area (Å²) in [6.45, 7) is 3.11. The Morgan fingerprint density at radius 3 is 2.24 bits per heavy atom. The molecule has 0 bridgehead atoms. The predicted molar refractivity (Wildman–Crippen MR) is 93.0 cm³/mol. The summed E-state index contributed by atoms with van der Waals surface area (Å²) < 4.78 is 85.6. The third-order valence-electron chi connectivity index (χ3n) is 3.78. The van der Waals surface area contributed by atoms with Crippen molar-refractivity contribution in [1.29, 1.82) is 0 Å². The molecule has 162 valence electrons. The second kappa shape index (κ2) is 8.44. The standard InChI is InChI=1S/C16H16ClF4NO6S/c1-8(2)7-27-29(25,26)28-13-6-12(11(18)5-10(13)17)22-14(23)3-9(4-15(22)24)16(19,20)21/h5-6,8-9H,3-4,7H2,1-2H3. The molecule has 1 fully saturated rings. The van der Waals surface area contributed by atoms with Gasteiger partial charge in [0.25, 0.3) is 0 Å². The van der Waals surface area contributed by atoms with E-state index in [0.717, 1.165) is 0 Å². The van der Waals surface area contributed by atoms with Crippen molar-refractivity contribution in [1.82, 2.24) is 0 Å². The first-order chi connectivity index (χ1) is 13.2. The number of carbonyl (C=O) groups is 2. The number of halogens is 5. The Bertz CT molecular complexity index is 901. The van der Waals surface area contributed by atoms with Crippen molar-refractivity contribution in [3.05, 3.63) is 23.0 Å². The number of imide groups is 1. The smallest absolute Gasteiger partial charge is 0.360 e. The number of hydrogen-bond acceptors (Lipinski definition) is 6. The van der Waals surface area contributed by atoms with Gasteiger partial charge in [-0.2, -0.15) is 21.6 Å². The van der Waals surface area contributed by atoms with E-state index in [1.807, 2.05) is 0 Å². The molecule has 0 aromatic heterocycles. The number of alkyl halides is 3. The Kier molecular flexibility index (Phi) is 6.80. The van der Waals surface area contributed by atoms with Crippen LogP contribution < -0.4 is 9.08 Å². The van der Waals surface area contributed by atoms with Crippen molar-refractivity contribution < 1.29 is 43.9 Å². The molecular weight excluding hydrogens is 446 g/mol. The van der Waals surface area contributed by atoms with Gasteiger partial charge in [0.15, 0.2) is 5.75 Å². The van der Waals surface area contributed by atoms with Gasteiger partial charge in [0.1, 0.15) is 5.82 Å². The average Bonchev–Trinajstić information content (AvgIpc) is 2.55. The maximum atomic E-state index is 14.3. The fourth-order valence-electron chi connectivity index (χ4n) is 2.42. The molecule has 7 nitrogen and oxygen atoms in total. The largest absolute Gasteiger partial charge is 0.449 e. The molecule has 1 aromatic carbocycles. The van der Waals surface area contributed by atoms with Crippen LogP contribution in [0.2, 0.25) is 5.02 Å². The lowest BCUT2D eigenvalue weighted by molar-refractivity contribution is -0.185. The normalized spacial score (nSPS) is 16.6. The Labute approximate surface area is 168 Å². The minimum Gasteiger partial charge on any atom is -0.360 e. The fraction of sp³-hybridized carbons (Fsp3) is 0.500. The van der Waals surface area contributed by atoms with Crippen molar-refractivity contribution >= 4 is 39.5 Å². The number of nitrogens with zero attached hydrogens (tertiary/aromatic N) is 1. The van der Waals surface area contributed by atoms with E-state index in [0.29, 0.717) is 12.1 Å². The zero-order valence-corrected chi connectivity index (χ0v) is 16.7. The highest BCUT2D eigenvalue weighted by Crippen LogP contribution is 2.39. The summed E-state index contributed by atoms with van der Waals surface area (Å²) in [4.78, 5) is 24.4. The van der Waals surface area contributed by atoms with Gasteiger partial charge in [0, 0.05) is 18.9 Å². The van der Waals surface area contributed by atoms with E-state index in [4.69, 9.17) is 11.6 Å². The number of piperidine rings is 1. The van der Waals surface area contributed by atoms with Gasteiger partial charge < -0.3 is 4.18 Å². The van der Waals surface area contributed by atoms with Crippen LogP contribution in [0.15, 0.2) is 12.1 Å². The SMILES string of the molecule is CC(C)COS(=O)(=O)Oc1cc(N2C(=O)CC(C(F)(F)F)CC2=O)c(F)cc1Cl. The second-order valence-corrected chi connectivity index (χ2v) is 8.30. The van der Waals surface area contributed by atoms with Crippen molar-refractivity contribution in [2.24, 2.45) is 11.8 Å². The monoisotopic (exact) mass is 461 g/mol. The van der Waals surface area contributed by atoms with Gasteiger partial charge in [-0.1, -0.05) is 25.4 Å². The third kappa shape index (κ3) is 5.80. The molecule has 1 aliphatic heterocycles. The van der Waals surface area contributed by atoms with E-state index in [1.54, 1.807) is 13.8 Å². The molecular formula is C16H16ClF4NO6S. The van der Waals surface area contributed by atoms with Gasteiger partial charge in [0.05, 0.1) is 23.2 Å². The number of rotatable bonds is 6. The molecule has 1 saturated heterocycles. The quantitative estimate of drug-likeness (QED) is 0.475. The molecule has 1 heterocycles. The molecule has 2 amide bonds. The van der Waals surface area contributed by atoms with Crippen LogP contribution >= 0.6 is 11.6 Å². The van der Waals surface area contributed by atoms with Crippen LogP contribution in [0.5, 0.6) is 5.75 Å². The number of anilines is 1. The van der Waals surface area contributed by atoms with Gasteiger partial charge in [-0.25, -0.2) is 13.5 Å². The van der Waals surface area contributed by atoms with Crippen LogP contribution in [-0.4, -0.2) is 33.0 Å². The number of amides is 2. The van der Waals surface area contributed by atoms with Gasteiger partial charge in [-0.3, -0.25) is 9.59 Å².